The molecule has 21 heavy (non-hydrogen) atoms. The first-order valence-electron chi connectivity index (χ1n) is 6.63. The minimum atomic E-state index is -0.592. The summed E-state index contributed by atoms with van der Waals surface area (Å²) in [5.41, 5.74) is 1.22. The quantitative estimate of drug-likeness (QED) is 0.732. The maximum absolute atomic E-state index is 14.0. The van der Waals surface area contributed by atoms with Crippen LogP contribution >= 0.6 is 11.3 Å². The van der Waals surface area contributed by atoms with Crippen LogP contribution in [0.15, 0.2) is 36.4 Å². The zero-order valence-corrected chi connectivity index (χ0v) is 12.5. The van der Waals surface area contributed by atoms with Gasteiger partial charge in [0.25, 0.3) is 0 Å². The lowest BCUT2D eigenvalue weighted by molar-refractivity contribution is 0.579. The van der Waals surface area contributed by atoms with Crippen molar-refractivity contribution in [2.24, 2.45) is 0 Å². The normalized spacial score (nSPS) is 12.6. The molecule has 0 radical (unpaired) electrons. The van der Waals surface area contributed by atoms with E-state index in [9.17, 15) is 8.78 Å². The van der Waals surface area contributed by atoms with Crippen LogP contribution in [0.3, 0.4) is 0 Å². The molecule has 2 aromatic carbocycles. The highest BCUT2D eigenvalue weighted by molar-refractivity contribution is 7.18. The number of anilines is 1. The van der Waals surface area contributed by atoms with E-state index in [2.05, 4.69) is 10.3 Å². The predicted octanol–water partition coefficient (Wildman–Crippen LogP) is 5.06. The van der Waals surface area contributed by atoms with Gasteiger partial charge in [-0.3, -0.25) is 0 Å². The summed E-state index contributed by atoms with van der Waals surface area (Å²) in [5, 5.41) is 3.70. The first-order valence-corrected chi connectivity index (χ1v) is 7.44. The summed E-state index contributed by atoms with van der Waals surface area (Å²) in [6, 6.07) is 10.2. The first-order chi connectivity index (χ1) is 10.1. The Bertz CT molecular complexity index is 765. The average Bonchev–Trinajstić information content (AvgIpc) is 2.91. The van der Waals surface area contributed by atoms with Crippen molar-refractivity contribution in [2.75, 3.05) is 5.32 Å². The fourth-order valence-electron chi connectivity index (χ4n) is 2.14. The molecule has 0 saturated heterocycles. The zero-order valence-electron chi connectivity index (χ0n) is 11.7. The van der Waals surface area contributed by atoms with E-state index in [1.54, 1.807) is 6.92 Å². The molecule has 1 heterocycles. The van der Waals surface area contributed by atoms with Crippen LogP contribution < -0.4 is 5.32 Å². The molecule has 0 aliphatic rings. The van der Waals surface area contributed by atoms with Crippen molar-refractivity contribution in [3.05, 3.63) is 58.6 Å². The number of para-hydroxylation sites is 1. The first kappa shape index (κ1) is 13.9. The molecule has 1 aromatic heterocycles. The van der Waals surface area contributed by atoms with Gasteiger partial charge in [0.1, 0.15) is 16.5 Å². The molecular weight excluding hydrogens is 290 g/mol. The van der Waals surface area contributed by atoms with E-state index in [1.807, 2.05) is 31.2 Å². The van der Waals surface area contributed by atoms with E-state index in [0.717, 1.165) is 15.2 Å². The maximum Gasteiger partial charge on any atom is 0.152 e. The second-order valence-electron chi connectivity index (χ2n) is 4.94. The van der Waals surface area contributed by atoms with Crippen LogP contribution in [0.25, 0.3) is 10.2 Å². The number of hydrogen-bond acceptors (Lipinski definition) is 3. The van der Waals surface area contributed by atoms with Crippen molar-refractivity contribution in [1.29, 1.82) is 0 Å². The molecule has 1 unspecified atom stereocenters. The number of thiazole rings is 1. The van der Waals surface area contributed by atoms with E-state index in [0.29, 0.717) is 5.56 Å². The highest BCUT2D eigenvalue weighted by Crippen LogP contribution is 2.30. The second kappa shape index (κ2) is 5.41. The van der Waals surface area contributed by atoms with Gasteiger partial charge in [-0.25, -0.2) is 13.8 Å². The highest BCUT2D eigenvalue weighted by atomic mass is 32.1. The molecule has 2 nitrogen and oxygen atoms in total. The molecule has 1 N–H and O–H groups in total. The third-order valence-corrected chi connectivity index (χ3v) is 4.55. The van der Waals surface area contributed by atoms with Gasteiger partial charge in [-0.2, -0.15) is 0 Å². The number of rotatable bonds is 3. The molecule has 108 valence electrons. The second-order valence-corrected chi connectivity index (χ2v) is 6.00. The third-order valence-electron chi connectivity index (χ3n) is 3.33. The molecule has 3 rings (SSSR count). The Kier molecular flexibility index (Phi) is 3.59. The van der Waals surface area contributed by atoms with Crippen molar-refractivity contribution in [3.63, 3.8) is 0 Å². The van der Waals surface area contributed by atoms with E-state index in [4.69, 9.17) is 0 Å². The predicted molar refractivity (Wildman–Crippen MR) is 82.8 cm³/mol. The number of benzene rings is 2. The molecule has 0 saturated carbocycles. The van der Waals surface area contributed by atoms with E-state index >= 15 is 0 Å². The summed E-state index contributed by atoms with van der Waals surface area (Å²) < 4.78 is 28.9. The van der Waals surface area contributed by atoms with Crippen LogP contribution in [-0.4, -0.2) is 4.98 Å². The van der Waals surface area contributed by atoms with Crippen LogP contribution in [-0.2, 0) is 0 Å². The molecule has 5 heteroatoms. The Morgan fingerprint density at radius 2 is 1.90 bits per heavy atom. The zero-order chi connectivity index (χ0) is 15.0. The number of hydrogen-bond donors (Lipinski definition) is 1. The standard InChI is InChI=1S/C16H14F2N2S/c1-9-7-8-11(17)15(14(9)18)19-10(2)16-20-12-5-3-4-6-13(12)21-16/h3-8,10,19H,1-2H3. The van der Waals surface area contributed by atoms with E-state index in [1.165, 1.54) is 23.5 Å². The lowest BCUT2D eigenvalue weighted by Gasteiger charge is -2.15. The number of nitrogens with zero attached hydrogens (tertiary/aromatic N) is 1. The van der Waals surface area contributed by atoms with Gasteiger partial charge in [-0.1, -0.05) is 18.2 Å². The largest absolute Gasteiger partial charge is 0.371 e. The van der Waals surface area contributed by atoms with Gasteiger partial charge in [0.2, 0.25) is 0 Å². The lowest BCUT2D eigenvalue weighted by Crippen LogP contribution is -2.10. The molecular formula is C16H14F2N2S. The molecule has 0 spiro atoms. The topological polar surface area (TPSA) is 24.9 Å². The minimum Gasteiger partial charge on any atom is -0.371 e. The molecule has 0 aliphatic heterocycles. The molecule has 0 bridgehead atoms. The number of aromatic nitrogens is 1. The Morgan fingerprint density at radius 3 is 2.67 bits per heavy atom. The monoisotopic (exact) mass is 304 g/mol. The Labute approximate surface area is 125 Å². The Hall–Kier alpha value is -2.01. The summed E-state index contributed by atoms with van der Waals surface area (Å²) in [7, 11) is 0. The average molecular weight is 304 g/mol. The smallest absolute Gasteiger partial charge is 0.152 e. The van der Waals surface area contributed by atoms with Gasteiger partial charge >= 0.3 is 0 Å². The SMILES string of the molecule is Cc1ccc(F)c(NC(C)c2nc3ccccc3s2)c1F. The fraction of sp³-hybridized carbons (Fsp3) is 0.188. The van der Waals surface area contributed by atoms with Crippen LogP contribution in [0.2, 0.25) is 0 Å². The molecule has 3 aromatic rings. The third kappa shape index (κ3) is 2.61. The summed E-state index contributed by atoms with van der Waals surface area (Å²) in [4.78, 5) is 4.50. The van der Waals surface area contributed by atoms with Crippen molar-refractivity contribution in [1.82, 2.24) is 4.98 Å². The maximum atomic E-state index is 14.0. The van der Waals surface area contributed by atoms with Crippen LogP contribution in [0, 0.1) is 18.6 Å². The molecule has 0 aliphatic carbocycles. The van der Waals surface area contributed by atoms with Gasteiger partial charge in [-0.05, 0) is 37.6 Å². The lowest BCUT2D eigenvalue weighted by atomic mass is 10.2. The summed E-state index contributed by atoms with van der Waals surface area (Å²) >= 11 is 1.52. The summed E-state index contributed by atoms with van der Waals surface area (Å²) in [6.45, 7) is 3.46. The molecule has 0 fully saturated rings. The van der Waals surface area contributed by atoms with Crippen LogP contribution in [0.1, 0.15) is 23.5 Å². The summed E-state index contributed by atoms with van der Waals surface area (Å²) in [5.74, 6) is -1.14. The Morgan fingerprint density at radius 1 is 1.14 bits per heavy atom. The van der Waals surface area contributed by atoms with Crippen molar-refractivity contribution < 1.29 is 8.78 Å². The minimum absolute atomic E-state index is 0.0956. The van der Waals surface area contributed by atoms with Gasteiger partial charge < -0.3 is 5.32 Å². The van der Waals surface area contributed by atoms with Gasteiger partial charge in [-0.15, -0.1) is 11.3 Å². The van der Waals surface area contributed by atoms with E-state index in [-0.39, 0.29) is 11.7 Å². The molecule has 1 atom stereocenters. The number of aryl methyl sites for hydroxylation is 1. The number of halogens is 2. The highest BCUT2D eigenvalue weighted by Gasteiger charge is 2.17. The number of nitrogens with one attached hydrogen (secondary N) is 1. The van der Waals surface area contributed by atoms with Crippen molar-refractivity contribution >= 4 is 27.2 Å². The summed E-state index contributed by atoms with van der Waals surface area (Å²) in [6.07, 6.45) is 0. The van der Waals surface area contributed by atoms with Crippen LogP contribution in [0.5, 0.6) is 0 Å². The fourth-order valence-corrected chi connectivity index (χ4v) is 3.11. The van der Waals surface area contributed by atoms with E-state index < -0.39 is 11.6 Å². The van der Waals surface area contributed by atoms with Crippen molar-refractivity contribution in [2.45, 2.75) is 19.9 Å². The molecule has 0 amide bonds. The van der Waals surface area contributed by atoms with Gasteiger partial charge in [0, 0.05) is 0 Å². The van der Waals surface area contributed by atoms with Gasteiger partial charge in [0.15, 0.2) is 5.82 Å². The van der Waals surface area contributed by atoms with Crippen molar-refractivity contribution in [3.8, 4) is 0 Å². The van der Waals surface area contributed by atoms with Crippen LogP contribution in [0.4, 0.5) is 14.5 Å². The Balaban J connectivity index is 1.93. The van der Waals surface area contributed by atoms with Gasteiger partial charge in [0.05, 0.1) is 16.3 Å². The number of fused-ring (bicyclic) bond motifs is 1.